The fourth-order valence-corrected chi connectivity index (χ4v) is 15.5. The van der Waals surface area contributed by atoms with E-state index in [1.165, 1.54) is 101 Å². The van der Waals surface area contributed by atoms with Gasteiger partial charge in [-0.3, -0.25) is 0 Å². The summed E-state index contributed by atoms with van der Waals surface area (Å²) in [6.45, 7) is 0. The van der Waals surface area contributed by atoms with Crippen LogP contribution in [0.5, 0.6) is 0 Å². The minimum absolute atomic E-state index is 0.139. The van der Waals surface area contributed by atoms with Gasteiger partial charge in [-0.15, -0.1) is 0 Å². The molecule has 4 unspecified atom stereocenters. The van der Waals surface area contributed by atoms with Crippen LogP contribution in [0.25, 0.3) is 66.1 Å². The van der Waals surface area contributed by atoms with E-state index in [1.807, 2.05) is 0 Å². The predicted octanol–water partition coefficient (Wildman–Crippen LogP) is 16.5. The molecule has 0 bridgehead atoms. The molecule has 0 saturated heterocycles. The van der Waals surface area contributed by atoms with Crippen molar-refractivity contribution < 1.29 is 4.42 Å². The number of rotatable bonds is 6. The molecule has 63 heavy (non-hydrogen) atoms. The molecule has 5 fully saturated rings. The van der Waals surface area contributed by atoms with Gasteiger partial charge < -0.3 is 9.32 Å². The van der Waals surface area contributed by atoms with Crippen molar-refractivity contribution >= 4 is 49.8 Å². The maximum absolute atomic E-state index is 6.55. The molecule has 6 aliphatic carbocycles. The van der Waals surface area contributed by atoms with Gasteiger partial charge >= 0.3 is 0 Å². The molecule has 304 valence electrons. The van der Waals surface area contributed by atoms with E-state index in [0.29, 0.717) is 11.3 Å². The first-order valence-electron chi connectivity index (χ1n) is 23.9. The first kappa shape index (κ1) is 35.1. The van der Waals surface area contributed by atoms with Gasteiger partial charge in [0.2, 0.25) is 0 Å². The molecule has 0 N–H and O–H groups in total. The molecular formula is C61H49NO. The molecule has 1 aromatic heterocycles. The highest BCUT2D eigenvalue weighted by Gasteiger charge is 2.90. The lowest BCUT2D eigenvalue weighted by atomic mass is 9.11. The number of fused-ring (bicyclic) bond motifs is 11. The van der Waals surface area contributed by atoms with Crippen LogP contribution in [0.3, 0.4) is 0 Å². The zero-order valence-corrected chi connectivity index (χ0v) is 35.6. The zero-order chi connectivity index (χ0) is 41.0. The van der Waals surface area contributed by atoms with Crippen LogP contribution in [0.1, 0.15) is 74.0 Å². The number of furan rings is 1. The molecule has 15 rings (SSSR count). The summed E-state index contributed by atoms with van der Waals surface area (Å²) < 4.78 is 6.55. The quantitative estimate of drug-likeness (QED) is 0.166. The van der Waals surface area contributed by atoms with Crippen LogP contribution in [-0.2, 0) is 5.41 Å². The topological polar surface area (TPSA) is 16.4 Å². The van der Waals surface area contributed by atoms with E-state index in [4.69, 9.17) is 4.42 Å². The average molecular weight is 812 g/mol. The Morgan fingerprint density at radius 2 is 1.16 bits per heavy atom. The maximum atomic E-state index is 6.55. The lowest BCUT2D eigenvalue weighted by Crippen LogP contribution is -2.88. The lowest BCUT2D eigenvalue weighted by Gasteiger charge is -2.92. The Bertz CT molecular complexity index is 3340. The second-order valence-corrected chi connectivity index (χ2v) is 20.1. The Hall–Kier alpha value is -6.38. The normalized spacial score (nSPS) is 26.0. The van der Waals surface area contributed by atoms with Crippen molar-refractivity contribution in [3.05, 3.63) is 187 Å². The smallest absolute Gasteiger partial charge is 0.143 e. The molecule has 4 atom stereocenters. The van der Waals surface area contributed by atoms with Crippen LogP contribution < -0.4 is 4.90 Å². The van der Waals surface area contributed by atoms with E-state index in [-0.39, 0.29) is 5.41 Å². The van der Waals surface area contributed by atoms with Gasteiger partial charge in [0.1, 0.15) is 11.2 Å². The minimum atomic E-state index is 0.139. The SMILES string of the molecule is c1ccc(N(c2ccc(-c3cccc4c3oc3ccccc34)cc2)c2ccc3c(c2)C2(c4ccccc4-3)C3CC4CC5CC2C453)c(-c2cccc3cccc(C4CCCCC4)c23)c1. The van der Waals surface area contributed by atoms with Crippen molar-refractivity contribution in [2.24, 2.45) is 29.1 Å². The summed E-state index contributed by atoms with van der Waals surface area (Å²) in [6, 6.07) is 64.6. The first-order chi connectivity index (χ1) is 31.2. The molecule has 0 amide bonds. The fourth-order valence-electron chi connectivity index (χ4n) is 15.5. The Morgan fingerprint density at radius 3 is 2.00 bits per heavy atom. The molecule has 2 spiro atoms. The number of hydrogen-bond donors (Lipinski definition) is 0. The van der Waals surface area contributed by atoms with Gasteiger partial charge in [-0.25, -0.2) is 0 Å². The van der Waals surface area contributed by atoms with Crippen LogP contribution in [0, 0.1) is 29.1 Å². The van der Waals surface area contributed by atoms with Gasteiger partial charge in [-0.2, -0.15) is 0 Å². The second-order valence-electron chi connectivity index (χ2n) is 20.1. The van der Waals surface area contributed by atoms with Crippen LogP contribution in [0.2, 0.25) is 0 Å². The van der Waals surface area contributed by atoms with Gasteiger partial charge in [0, 0.05) is 38.7 Å². The molecular weight excluding hydrogens is 763 g/mol. The summed E-state index contributed by atoms with van der Waals surface area (Å²) in [6.07, 6.45) is 10.8. The summed E-state index contributed by atoms with van der Waals surface area (Å²) in [4.78, 5) is 2.59. The van der Waals surface area contributed by atoms with Crippen molar-refractivity contribution in [3.8, 4) is 33.4 Å². The largest absolute Gasteiger partial charge is 0.455 e. The lowest BCUT2D eigenvalue weighted by molar-refractivity contribution is -0.412. The number of anilines is 3. The van der Waals surface area contributed by atoms with E-state index in [9.17, 15) is 0 Å². The van der Waals surface area contributed by atoms with Gasteiger partial charge in [0.05, 0.1) is 5.69 Å². The van der Waals surface area contributed by atoms with Gasteiger partial charge in [0.25, 0.3) is 0 Å². The van der Waals surface area contributed by atoms with Crippen molar-refractivity contribution in [3.63, 3.8) is 0 Å². The standard InChI is InChI=1S/C61H49NO/c1-2-13-37(14-3-1)44-20-10-15-39-16-11-22-50(58(39)44)48-18-5-8-25-54(48)62(42-29-27-38(28-30-42)45-21-12-23-51-49-19-6-9-26-55(49)63-59(45)51)43-31-32-47-46-17-4-7-24-52(46)61(53(47)36-43)56-34-40-33-41-35-57(61)60(40,41)56/h4-12,15-32,36-37,40-41,56-57H,1-3,13-14,33-35H2. The highest BCUT2D eigenvalue weighted by atomic mass is 16.3. The molecule has 2 heteroatoms. The van der Waals surface area contributed by atoms with Crippen LogP contribution in [-0.4, -0.2) is 0 Å². The minimum Gasteiger partial charge on any atom is -0.455 e. The highest BCUT2D eigenvalue weighted by Crippen LogP contribution is 2.94. The average Bonchev–Trinajstić information content (AvgIpc) is 3.85. The van der Waals surface area contributed by atoms with E-state index >= 15 is 0 Å². The Labute approximate surface area is 369 Å². The van der Waals surface area contributed by atoms with Crippen LogP contribution >= 0.6 is 0 Å². The number of hydrogen-bond acceptors (Lipinski definition) is 2. The molecule has 6 aliphatic rings. The van der Waals surface area contributed by atoms with Crippen LogP contribution in [0.15, 0.2) is 174 Å². The molecule has 8 aromatic carbocycles. The third kappa shape index (κ3) is 4.36. The van der Waals surface area contributed by atoms with E-state index < -0.39 is 0 Å². The number of para-hydroxylation sites is 3. The van der Waals surface area contributed by atoms with Gasteiger partial charge in [0.15, 0.2) is 0 Å². The Kier molecular flexibility index (Phi) is 7.04. The second kappa shape index (κ2) is 12.6. The summed E-state index contributed by atoms with van der Waals surface area (Å²) in [5.41, 5.74) is 18.8. The monoisotopic (exact) mass is 811 g/mol. The van der Waals surface area contributed by atoms with Crippen molar-refractivity contribution in [1.82, 2.24) is 0 Å². The molecule has 0 radical (unpaired) electrons. The molecule has 9 aromatic rings. The number of nitrogens with zero attached hydrogens (tertiary/aromatic N) is 1. The summed E-state index contributed by atoms with van der Waals surface area (Å²) in [7, 11) is 0. The van der Waals surface area contributed by atoms with Gasteiger partial charge in [-0.05, 0) is 153 Å². The third-order valence-corrected chi connectivity index (χ3v) is 18.0. The molecule has 0 aliphatic heterocycles. The van der Waals surface area contributed by atoms with Crippen molar-refractivity contribution in [2.45, 2.75) is 62.7 Å². The summed E-state index contributed by atoms with van der Waals surface area (Å²) >= 11 is 0. The van der Waals surface area contributed by atoms with E-state index in [1.54, 1.807) is 11.1 Å². The summed E-state index contributed by atoms with van der Waals surface area (Å²) in [5, 5.41) is 5.09. The van der Waals surface area contributed by atoms with E-state index in [0.717, 1.165) is 62.4 Å². The molecule has 1 heterocycles. The highest BCUT2D eigenvalue weighted by molar-refractivity contribution is 6.10. The Morgan fingerprint density at radius 1 is 0.492 bits per heavy atom. The van der Waals surface area contributed by atoms with Crippen molar-refractivity contribution in [1.29, 1.82) is 0 Å². The van der Waals surface area contributed by atoms with Gasteiger partial charge in [-0.1, -0.05) is 153 Å². The first-order valence-corrected chi connectivity index (χ1v) is 23.9. The molecule has 2 nitrogen and oxygen atoms in total. The third-order valence-electron chi connectivity index (χ3n) is 18.0. The van der Waals surface area contributed by atoms with Crippen molar-refractivity contribution in [2.75, 3.05) is 4.90 Å². The zero-order valence-electron chi connectivity index (χ0n) is 35.6. The fraction of sp³-hybridized carbons (Fsp3) is 0.246. The Balaban J connectivity index is 0.930. The van der Waals surface area contributed by atoms with E-state index in [2.05, 4.69) is 175 Å². The molecule has 5 saturated carbocycles. The maximum Gasteiger partial charge on any atom is 0.143 e. The summed E-state index contributed by atoms with van der Waals surface area (Å²) in [5.74, 6) is 4.11. The predicted molar refractivity (Wildman–Crippen MR) is 259 cm³/mol. The van der Waals surface area contributed by atoms with Crippen LogP contribution in [0.4, 0.5) is 17.1 Å². The number of benzene rings is 8.